The summed E-state index contributed by atoms with van der Waals surface area (Å²) < 4.78 is 27.4. The highest BCUT2D eigenvalue weighted by Gasteiger charge is 2.15. The van der Waals surface area contributed by atoms with Crippen molar-refractivity contribution < 1.29 is 8.78 Å². The van der Waals surface area contributed by atoms with Crippen molar-refractivity contribution in [1.29, 1.82) is 0 Å². The van der Waals surface area contributed by atoms with Gasteiger partial charge >= 0.3 is 0 Å². The van der Waals surface area contributed by atoms with Gasteiger partial charge in [0, 0.05) is 6.04 Å². The van der Waals surface area contributed by atoms with Crippen LogP contribution in [0.3, 0.4) is 0 Å². The van der Waals surface area contributed by atoms with Crippen molar-refractivity contribution in [3.05, 3.63) is 69.2 Å². The first-order chi connectivity index (χ1) is 9.52. The minimum atomic E-state index is -0.490. The van der Waals surface area contributed by atoms with Crippen LogP contribution in [0, 0.1) is 11.6 Å². The molecule has 2 aromatic carbocycles. The summed E-state index contributed by atoms with van der Waals surface area (Å²) in [6, 6.07) is 9.19. The first-order valence-electron chi connectivity index (χ1n) is 6.08. The predicted octanol–water partition coefficient (Wildman–Crippen LogP) is 4.77. The van der Waals surface area contributed by atoms with Gasteiger partial charge in [-0.05, 0) is 42.8 Å². The quantitative estimate of drug-likeness (QED) is 0.856. The standard InChI is InChI=1S/C15H13Cl2F2N/c1-20-14(9-5-6-11(16)13(18)7-9)8-10-3-2-4-12(17)15(10)19/h2-7,14,20H,8H2,1H3. The lowest BCUT2D eigenvalue weighted by Gasteiger charge is -2.18. The van der Waals surface area contributed by atoms with Crippen molar-refractivity contribution in [2.45, 2.75) is 12.5 Å². The Hall–Kier alpha value is -1.16. The molecule has 0 saturated heterocycles. The van der Waals surface area contributed by atoms with E-state index in [-0.39, 0.29) is 16.1 Å². The van der Waals surface area contributed by atoms with Crippen LogP contribution in [-0.4, -0.2) is 7.05 Å². The van der Waals surface area contributed by atoms with E-state index in [9.17, 15) is 8.78 Å². The molecule has 1 nitrogen and oxygen atoms in total. The molecule has 0 heterocycles. The van der Waals surface area contributed by atoms with Crippen molar-refractivity contribution in [1.82, 2.24) is 5.32 Å². The highest BCUT2D eigenvalue weighted by molar-refractivity contribution is 6.31. The lowest BCUT2D eigenvalue weighted by molar-refractivity contribution is 0.549. The number of rotatable bonds is 4. The monoisotopic (exact) mass is 315 g/mol. The van der Waals surface area contributed by atoms with Crippen LogP contribution >= 0.6 is 23.2 Å². The molecule has 0 aliphatic rings. The van der Waals surface area contributed by atoms with Crippen molar-refractivity contribution in [3.63, 3.8) is 0 Å². The summed E-state index contributed by atoms with van der Waals surface area (Å²) >= 11 is 11.4. The number of hydrogen-bond acceptors (Lipinski definition) is 1. The molecule has 2 aromatic rings. The van der Waals surface area contributed by atoms with Crippen LogP contribution in [0.1, 0.15) is 17.2 Å². The van der Waals surface area contributed by atoms with Crippen LogP contribution in [0.4, 0.5) is 8.78 Å². The number of halogens is 4. The van der Waals surface area contributed by atoms with Gasteiger partial charge < -0.3 is 5.32 Å². The molecule has 1 atom stereocenters. The average molecular weight is 316 g/mol. The summed E-state index contributed by atoms with van der Waals surface area (Å²) in [6.07, 6.45) is 0.365. The summed E-state index contributed by atoms with van der Waals surface area (Å²) in [5.41, 5.74) is 1.18. The van der Waals surface area contributed by atoms with Gasteiger partial charge in [0.1, 0.15) is 11.6 Å². The molecular formula is C15H13Cl2F2N. The lowest BCUT2D eigenvalue weighted by atomic mass is 9.98. The van der Waals surface area contributed by atoms with Crippen molar-refractivity contribution >= 4 is 23.2 Å². The number of nitrogens with one attached hydrogen (secondary N) is 1. The van der Waals surface area contributed by atoms with Gasteiger partial charge in [-0.25, -0.2) is 8.78 Å². The molecule has 0 fully saturated rings. The fourth-order valence-corrected chi connectivity index (χ4v) is 2.35. The highest BCUT2D eigenvalue weighted by atomic mass is 35.5. The molecule has 20 heavy (non-hydrogen) atoms. The highest BCUT2D eigenvalue weighted by Crippen LogP contribution is 2.26. The molecule has 1 N–H and O–H groups in total. The van der Waals surface area contributed by atoms with E-state index in [0.717, 1.165) is 0 Å². The van der Waals surface area contributed by atoms with Crippen LogP contribution < -0.4 is 5.32 Å². The normalized spacial score (nSPS) is 12.4. The van der Waals surface area contributed by atoms with E-state index in [1.165, 1.54) is 18.2 Å². The molecule has 0 aliphatic heterocycles. The first kappa shape index (κ1) is 15.2. The Morgan fingerprint density at radius 1 is 1.10 bits per heavy atom. The molecule has 106 valence electrons. The molecule has 0 spiro atoms. The topological polar surface area (TPSA) is 12.0 Å². The van der Waals surface area contributed by atoms with Crippen LogP contribution in [-0.2, 0) is 6.42 Å². The second kappa shape index (κ2) is 6.53. The zero-order valence-corrected chi connectivity index (χ0v) is 12.3. The Kier molecular flexibility index (Phi) is 4.97. The number of likely N-dealkylation sites (N-methyl/N-ethyl adjacent to an activating group) is 1. The Morgan fingerprint density at radius 2 is 1.85 bits per heavy atom. The summed E-state index contributed by atoms with van der Waals surface area (Å²) in [6.45, 7) is 0. The van der Waals surface area contributed by atoms with Gasteiger partial charge in [-0.3, -0.25) is 0 Å². The van der Waals surface area contributed by atoms with E-state index < -0.39 is 11.6 Å². The number of benzene rings is 2. The molecule has 2 rings (SSSR count). The van der Waals surface area contributed by atoms with Crippen LogP contribution in [0.5, 0.6) is 0 Å². The molecule has 1 unspecified atom stereocenters. The molecular weight excluding hydrogens is 303 g/mol. The second-order valence-electron chi connectivity index (χ2n) is 4.43. The molecule has 0 bridgehead atoms. The van der Waals surface area contributed by atoms with Gasteiger partial charge in [0.2, 0.25) is 0 Å². The smallest absolute Gasteiger partial charge is 0.145 e. The third-order valence-corrected chi connectivity index (χ3v) is 3.75. The second-order valence-corrected chi connectivity index (χ2v) is 5.25. The third-order valence-electron chi connectivity index (χ3n) is 3.15. The molecule has 0 amide bonds. The molecule has 0 aliphatic carbocycles. The fraction of sp³-hybridized carbons (Fsp3) is 0.200. The van der Waals surface area contributed by atoms with E-state index >= 15 is 0 Å². The minimum absolute atomic E-state index is 0.0672. The summed E-state index contributed by atoms with van der Waals surface area (Å²) in [7, 11) is 1.74. The molecule has 0 radical (unpaired) electrons. The van der Waals surface area contributed by atoms with Gasteiger partial charge in [0.05, 0.1) is 10.0 Å². The SMILES string of the molecule is CNC(Cc1cccc(Cl)c1F)c1ccc(Cl)c(F)c1. The molecule has 0 saturated carbocycles. The van der Waals surface area contributed by atoms with Crippen LogP contribution in [0.2, 0.25) is 10.0 Å². The zero-order chi connectivity index (χ0) is 14.7. The van der Waals surface area contributed by atoms with E-state index in [1.807, 2.05) is 0 Å². The van der Waals surface area contributed by atoms with Crippen LogP contribution in [0.25, 0.3) is 0 Å². The maximum absolute atomic E-state index is 13.9. The Labute approximate surface area is 126 Å². The summed E-state index contributed by atoms with van der Waals surface area (Å²) in [4.78, 5) is 0. The molecule has 5 heteroatoms. The van der Waals surface area contributed by atoms with Crippen molar-refractivity contribution in [3.8, 4) is 0 Å². The maximum atomic E-state index is 13.9. The van der Waals surface area contributed by atoms with Gasteiger partial charge in [0.15, 0.2) is 0 Å². The lowest BCUT2D eigenvalue weighted by Crippen LogP contribution is -2.19. The summed E-state index contributed by atoms with van der Waals surface area (Å²) in [5.74, 6) is -0.931. The van der Waals surface area contributed by atoms with Gasteiger partial charge in [-0.2, -0.15) is 0 Å². The van der Waals surface area contributed by atoms with E-state index in [0.29, 0.717) is 17.5 Å². The van der Waals surface area contributed by atoms with Gasteiger partial charge in [0.25, 0.3) is 0 Å². The molecule has 0 aromatic heterocycles. The van der Waals surface area contributed by atoms with Crippen molar-refractivity contribution in [2.75, 3.05) is 7.05 Å². The first-order valence-corrected chi connectivity index (χ1v) is 6.83. The predicted molar refractivity (Wildman–Crippen MR) is 78.3 cm³/mol. The van der Waals surface area contributed by atoms with E-state index in [4.69, 9.17) is 23.2 Å². The third kappa shape index (κ3) is 3.29. The van der Waals surface area contributed by atoms with E-state index in [2.05, 4.69) is 5.32 Å². The largest absolute Gasteiger partial charge is 0.313 e. The minimum Gasteiger partial charge on any atom is -0.313 e. The van der Waals surface area contributed by atoms with Gasteiger partial charge in [-0.15, -0.1) is 0 Å². The Morgan fingerprint density at radius 3 is 2.50 bits per heavy atom. The van der Waals surface area contributed by atoms with Crippen LogP contribution in [0.15, 0.2) is 36.4 Å². The zero-order valence-electron chi connectivity index (χ0n) is 10.8. The van der Waals surface area contributed by atoms with Crippen molar-refractivity contribution in [2.24, 2.45) is 0 Å². The summed E-state index contributed by atoms with van der Waals surface area (Å²) in [5, 5.41) is 3.19. The van der Waals surface area contributed by atoms with E-state index in [1.54, 1.807) is 25.2 Å². The fourth-order valence-electron chi connectivity index (χ4n) is 2.04. The Balaban J connectivity index is 2.28. The number of hydrogen-bond donors (Lipinski definition) is 1. The average Bonchev–Trinajstić information content (AvgIpc) is 2.44. The maximum Gasteiger partial charge on any atom is 0.145 e. The van der Waals surface area contributed by atoms with Gasteiger partial charge in [-0.1, -0.05) is 41.4 Å². The Bertz CT molecular complexity index is 617.